The molecule has 1 aliphatic rings. The van der Waals surface area contributed by atoms with Crippen molar-refractivity contribution in [2.24, 2.45) is 0 Å². The normalized spacial score (nSPS) is 23.5. The first-order valence-corrected chi connectivity index (χ1v) is 6.62. The van der Waals surface area contributed by atoms with Crippen LogP contribution < -0.4 is 17.7 Å². The van der Waals surface area contributed by atoms with Crippen LogP contribution in [0.2, 0.25) is 0 Å². The average molecular weight is 258 g/mol. The monoisotopic (exact) mass is 257 g/mol. The molecule has 0 unspecified atom stereocenters. The van der Waals surface area contributed by atoms with Gasteiger partial charge in [-0.05, 0) is 38.8 Å². The minimum atomic E-state index is 0. The molecule has 1 atom stereocenters. The number of thioether (sulfide) groups is 1. The number of hydrogen-bond acceptors (Lipinski definition) is 1. The van der Waals surface area contributed by atoms with Gasteiger partial charge in [-0.25, -0.2) is 0 Å². The zero-order chi connectivity index (χ0) is 10.7. The first kappa shape index (κ1) is 13.9. The van der Waals surface area contributed by atoms with E-state index in [-0.39, 0.29) is 12.4 Å². The van der Waals surface area contributed by atoms with Crippen LogP contribution in [0.25, 0.3) is 0 Å². The van der Waals surface area contributed by atoms with E-state index in [9.17, 15) is 0 Å². The van der Waals surface area contributed by atoms with Crippen LogP contribution in [0.3, 0.4) is 0 Å². The molecule has 0 aromatic heterocycles. The smallest absolute Gasteiger partial charge is 0.103 e. The van der Waals surface area contributed by atoms with E-state index in [0.717, 1.165) is 5.25 Å². The van der Waals surface area contributed by atoms with Gasteiger partial charge in [-0.2, -0.15) is 0 Å². The maximum Gasteiger partial charge on any atom is 0.103 e. The van der Waals surface area contributed by atoms with E-state index in [1.807, 2.05) is 11.8 Å². The number of halogens is 1. The second-order valence-electron chi connectivity index (χ2n) is 4.88. The lowest BCUT2D eigenvalue weighted by molar-refractivity contribution is -0.727. The number of piperidine rings is 1. The molecule has 0 bridgehead atoms. The van der Waals surface area contributed by atoms with Crippen LogP contribution in [0.15, 0.2) is 35.2 Å². The lowest BCUT2D eigenvalue weighted by Gasteiger charge is -2.35. The number of rotatable bonds is 2. The van der Waals surface area contributed by atoms with Gasteiger partial charge in [0.25, 0.3) is 0 Å². The van der Waals surface area contributed by atoms with Crippen LogP contribution in [0.5, 0.6) is 0 Å². The molecule has 1 aromatic carbocycles. The van der Waals surface area contributed by atoms with Crippen molar-refractivity contribution in [2.45, 2.75) is 42.4 Å². The Hall–Kier alpha value is -0.180. The Morgan fingerprint density at radius 3 is 2.56 bits per heavy atom. The SMILES string of the molecule is CC1(C)[NH2+]CCC[C@H]1Sc1ccccc1.[Cl-]. The van der Waals surface area contributed by atoms with Crippen molar-refractivity contribution in [1.29, 1.82) is 0 Å². The molecule has 2 rings (SSSR count). The lowest BCUT2D eigenvalue weighted by atomic mass is 9.93. The molecule has 90 valence electrons. The number of quaternary nitrogens is 1. The van der Waals surface area contributed by atoms with Gasteiger partial charge in [-0.1, -0.05) is 18.2 Å². The summed E-state index contributed by atoms with van der Waals surface area (Å²) in [5.41, 5.74) is 0.388. The molecule has 16 heavy (non-hydrogen) atoms. The van der Waals surface area contributed by atoms with Crippen LogP contribution >= 0.6 is 11.8 Å². The molecule has 3 heteroatoms. The predicted octanol–water partition coefficient (Wildman–Crippen LogP) is -0.713. The Morgan fingerprint density at radius 1 is 1.25 bits per heavy atom. The minimum Gasteiger partial charge on any atom is -1.00 e. The van der Waals surface area contributed by atoms with Gasteiger partial charge in [0.15, 0.2) is 0 Å². The highest BCUT2D eigenvalue weighted by Crippen LogP contribution is 2.32. The molecule has 1 fully saturated rings. The lowest BCUT2D eigenvalue weighted by Crippen LogP contribution is -3.00. The second-order valence-corrected chi connectivity index (χ2v) is 6.15. The summed E-state index contributed by atoms with van der Waals surface area (Å²) >= 11 is 2.04. The molecular formula is C13H20ClNS. The topological polar surface area (TPSA) is 16.6 Å². The van der Waals surface area contributed by atoms with Gasteiger partial charge in [0.05, 0.1) is 11.8 Å². The largest absolute Gasteiger partial charge is 1.00 e. The molecule has 0 spiro atoms. The van der Waals surface area contributed by atoms with Crippen LogP contribution in [-0.2, 0) is 0 Å². The first-order valence-electron chi connectivity index (χ1n) is 5.74. The van der Waals surface area contributed by atoms with Crippen molar-refractivity contribution < 1.29 is 17.7 Å². The van der Waals surface area contributed by atoms with E-state index >= 15 is 0 Å². The second kappa shape index (κ2) is 5.95. The van der Waals surface area contributed by atoms with Crippen molar-refractivity contribution in [2.75, 3.05) is 6.54 Å². The van der Waals surface area contributed by atoms with E-state index in [4.69, 9.17) is 0 Å². The highest BCUT2D eigenvalue weighted by atomic mass is 35.5. The third-order valence-electron chi connectivity index (χ3n) is 3.19. The predicted molar refractivity (Wildman–Crippen MR) is 66.2 cm³/mol. The molecule has 0 amide bonds. The van der Waals surface area contributed by atoms with Crippen LogP contribution in [0, 0.1) is 0 Å². The number of benzene rings is 1. The molecular weight excluding hydrogens is 238 g/mol. The van der Waals surface area contributed by atoms with E-state index < -0.39 is 0 Å². The third-order valence-corrected chi connectivity index (χ3v) is 4.86. The Kier molecular flexibility index (Phi) is 5.16. The average Bonchev–Trinajstić information content (AvgIpc) is 2.23. The van der Waals surface area contributed by atoms with E-state index in [1.165, 1.54) is 24.3 Å². The molecule has 0 aliphatic carbocycles. The summed E-state index contributed by atoms with van der Waals surface area (Å²) in [6.07, 6.45) is 2.71. The van der Waals surface area contributed by atoms with E-state index in [1.54, 1.807) is 0 Å². The van der Waals surface area contributed by atoms with Gasteiger partial charge in [0.1, 0.15) is 5.54 Å². The summed E-state index contributed by atoms with van der Waals surface area (Å²) in [6, 6.07) is 10.8. The van der Waals surface area contributed by atoms with Crippen molar-refractivity contribution in [3.63, 3.8) is 0 Å². The molecule has 1 saturated heterocycles. The summed E-state index contributed by atoms with van der Waals surface area (Å²) in [4.78, 5) is 1.41. The molecule has 2 N–H and O–H groups in total. The molecule has 0 saturated carbocycles. The highest BCUT2D eigenvalue weighted by molar-refractivity contribution is 8.00. The molecule has 1 nitrogen and oxygen atoms in total. The number of hydrogen-bond donors (Lipinski definition) is 1. The van der Waals surface area contributed by atoms with Gasteiger partial charge in [-0.3, -0.25) is 0 Å². The van der Waals surface area contributed by atoms with Gasteiger partial charge in [-0.15, -0.1) is 11.8 Å². The Balaban J connectivity index is 0.00000128. The van der Waals surface area contributed by atoms with Crippen molar-refractivity contribution >= 4 is 11.8 Å². The Bertz CT molecular complexity index is 313. The summed E-state index contributed by atoms with van der Waals surface area (Å²) < 4.78 is 0. The van der Waals surface area contributed by atoms with E-state index in [2.05, 4.69) is 49.5 Å². The van der Waals surface area contributed by atoms with Crippen LogP contribution in [0.1, 0.15) is 26.7 Å². The Labute approximate surface area is 109 Å². The quantitative estimate of drug-likeness (QED) is 0.741. The van der Waals surface area contributed by atoms with Crippen molar-refractivity contribution in [3.05, 3.63) is 30.3 Å². The molecule has 1 heterocycles. The van der Waals surface area contributed by atoms with Crippen molar-refractivity contribution in [1.82, 2.24) is 0 Å². The maximum absolute atomic E-state index is 2.50. The van der Waals surface area contributed by atoms with Gasteiger partial charge < -0.3 is 17.7 Å². The van der Waals surface area contributed by atoms with Crippen LogP contribution in [0.4, 0.5) is 0 Å². The zero-order valence-electron chi connectivity index (χ0n) is 9.95. The highest BCUT2D eigenvalue weighted by Gasteiger charge is 2.36. The molecule has 1 aromatic rings. The summed E-state index contributed by atoms with van der Waals surface area (Å²) in [5.74, 6) is 0. The standard InChI is InChI=1S/C13H19NS.ClH/c1-13(2)12(9-6-10-14-13)15-11-7-4-3-5-8-11;/h3-5,7-8,12,14H,6,9-10H2,1-2H3;1H/t12-;/m1./s1. The van der Waals surface area contributed by atoms with Gasteiger partial charge in [0, 0.05) is 4.90 Å². The van der Waals surface area contributed by atoms with Gasteiger partial charge in [0.2, 0.25) is 0 Å². The third kappa shape index (κ3) is 3.41. The van der Waals surface area contributed by atoms with E-state index in [0.29, 0.717) is 5.54 Å². The fourth-order valence-electron chi connectivity index (χ4n) is 2.15. The summed E-state index contributed by atoms with van der Waals surface area (Å²) in [7, 11) is 0. The van der Waals surface area contributed by atoms with Crippen molar-refractivity contribution in [3.8, 4) is 0 Å². The summed E-state index contributed by atoms with van der Waals surface area (Å²) in [5, 5.41) is 3.24. The Morgan fingerprint density at radius 2 is 1.94 bits per heavy atom. The zero-order valence-corrected chi connectivity index (χ0v) is 11.5. The molecule has 1 aliphatic heterocycles. The summed E-state index contributed by atoms with van der Waals surface area (Å²) in [6.45, 7) is 6.03. The first-order chi connectivity index (χ1) is 7.18. The maximum atomic E-state index is 2.50. The van der Waals surface area contributed by atoms with Crippen LogP contribution in [-0.4, -0.2) is 17.3 Å². The number of nitrogens with two attached hydrogens (primary N) is 1. The fourth-order valence-corrected chi connectivity index (χ4v) is 3.48. The fraction of sp³-hybridized carbons (Fsp3) is 0.538. The molecule has 0 radical (unpaired) electrons. The minimum absolute atomic E-state index is 0. The van der Waals surface area contributed by atoms with Gasteiger partial charge >= 0.3 is 0 Å².